The third-order valence-corrected chi connectivity index (χ3v) is 4.52. The summed E-state index contributed by atoms with van der Waals surface area (Å²) < 4.78 is 27.0. The number of benzene rings is 2. The van der Waals surface area contributed by atoms with E-state index < -0.39 is 10.0 Å². The maximum absolute atomic E-state index is 12.3. The Morgan fingerprint density at radius 1 is 1.00 bits per heavy atom. The predicted octanol–water partition coefficient (Wildman–Crippen LogP) is 3.48. The van der Waals surface area contributed by atoms with Crippen LogP contribution in [0.3, 0.4) is 0 Å². The maximum atomic E-state index is 12.3. The van der Waals surface area contributed by atoms with Crippen LogP contribution < -0.4 is 4.72 Å². The Bertz CT molecular complexity index is 755. The van der Waals surface area contributed by atoms with E-state index in [0.29, 0.717) is 17.2 Å². The molecule has 4 nitrogen and oxygen atoms in total. The van der Waals surface area contributed by atoms with Crippen molar-refractivity contribution in [3.63, 3.8) is 0 Å². The first-order chi connectivity index (χ1) is 9.92. The fraction of sp³-hybridized carbons (Fsp3) is 0.188. The highest BCUT2D eigenvalue weighted by Gasteiger charge is 2.14. The molecular weight excluding hydrogens is 284 g/mol. The van der Waals surface area contributed by atoms with Gasteiger partial charge in [-0.05, 0) is 47.9 Å². The lowest BCUT2D eigenvalue weighted by atomic mass is 10.0. The Balaban J connectivity index is 2.23. The minimum absolute atomic E-state index is 0.219. The second kappa shape index (κ2) is 5.98. The Hall–Kier alpha value is -2.32. The van der Waals surface area contributed by atoms with Crippen LogP contribution in [0.15, 0.2) is 53.4 Å². The van der Waals surface area contributed by atoms with Gasteiger partial charge in [0.05, 0.1) is 16.5 Å². The van der Waals surface area contributed by atoms with Crippen LogP contribution in [-0.4, -0.2) is 8.42 Å². The van der Waals surface area contributed by atoms with Gasteiger partial charge in [-0.1, -0.05) is 26.0 Å². The molecule has 0 amide bonds. The van der Waals surface area contributed by atoms with Crippen LogP contribution >= 0.6 is 0 Å². The van der Waals surface area contributed by atoms with Crippen molar-refractivity contribution in [2.24, 2.45) is 0 Å². The van der Waals surface area contributed by atoms with E-state index in [4.69, 9.17) is 5.26 Å². The molecule has 0 fully saturated rings. The van der Waals surface area contributed by atoms with Gasteiger partial charge in [-0.15, -0.1) is 0 Å². The van der Waals surface area contributed by atoms with Crippen LogP contribution in [0.1, 0.15) is 30.9 Å². The van der Waals surface area contributed by atoms with Gasteiger partial charge in [0, 0.05) is 5.69 Å². The molecule has 108 valence electrons. The van der Waals surface area contributed by atoms with Crippen molar-refractivity contribution in [3.8, 4) is 6.07 Å². The molecule has 5 heteroatoms. The molecule has 0 saturated heterocycles. The summed E-state index contributed by atoms with van der Waals surface area (Å²) in [4.78, 5) is 0.219. The van der Waals surface area contributed by atoms with E-state index in [2.05, 4.69) is 18.6 Å². The summed E-state index contributed by atoms with van der Waals surface area (Å²) in [7, 11) is -3.61. The molecule has 0 bridgehead atoms. The van der Waals surface area contributed by atoms with Crippen LogP contribution in [-0.2, 0) is 10.0 Å². The van der Waals surface area contributed by atoms with E-state index in [1.807, 2.05) is 18.2 Å². The van der Waals surface area contributed by atoms with Crippen molar-refractivity contribution >= 4 is 15.7 Å². The van der Waals surface area contributed by atoms with E-state index in [1.54, 1.807) is 36.4 Å². The lowest BCUT2D eigenvalue weighted by molar-refractivity contribution is 0.601. The molecule has 0 unspecified atom stereocenters. The van der Waals surface area contributed by atoms with Crippen molar-refractivity contribution in [1.29, 1.82) is 5.26 Å². The molecule has 0 radical (unpaired) electrons. The predicted molar refractivity (Wildman–Crippen MR) is 82.5 cm³/mol. The summed E-state index contributed by atoms with van der Waals surface area (Å²) in [6, 6.07) is 15.1. The quantitative estimate of drug-likeness (QED) is 0.939. The molecule has 2 aromatic rings. The fourth-order valence-corrected chi connectivity index (χ4v) is 2.92. The molecule has 2 rings (SSSR count). The van der Waals surface area contributed by atoms with E-state index in [9.17, 15) is 8.42 Å². The second-order valence-electron chi connectivity index (χ2n) is 5.02. The number of hydrogen-bond donors (Lipinski definition) is 1. The van der Waals surface area contributed by atoms with Gasteiger partial charge in [0.15, 0.2) is 0 Å². The van der Waals surface area contributed by atoms with E-state index in [1.165, 1.54) is 0 Å². The summed E-state index contributed by atoms with van der Waals surface area (Å²) in [5, 5.41) is 8.72. The number of nitriles is 1. The Morgan fingerprint density at radius 2 is 1.57 bits per heavy atom. The van der Waals surface area contributed by atoms with E-state index >= 15 is 0 Å². The molecule has 0 aliphatic carbocycles. The van der Waals surface area contributed by atoms with Crippen LogP contribution in [0, 0.1) is 11.3 Å². The van der Waals surface area contributed by atoms with Crippen molar-refractivity contribution < 1.29 is 8.42 Å². The summed E-state index contributed by atoms with van der Waals surface area (Å²) >= 11 is 0. The van der Waals surface area contributed by atoms with Gasteiger partial charge < -0.3 is 0 Å². The van der Waals surface area contributed by atoms with Crippen molar-refractivity contribution in [2.75, 3.05) is 4.72 Å². The molecule has 0 saturated carbocycles. The molecule has 0 aromatic heterocycles. The average Bonchev–Trinajstić information content (AvgIpc) is 2.48. The third-order valence-electron chi connectivity index (χ3n) is 3.12. The lowest BCUT2D eigenvalue weighted by Gasteiger charge is -2.10. The van der Waals surface area contributed by atoms with Gasteiger partial charge in [0.2, 0.25) is 0 Å². The molecule has 0 aliphatic rings. The topological polar surface area (TPSA) is 70.0 Å². The minimum atomic E-state index is -3.61. The van der Waals surface area contributed by atoms with Gasteiger partial charge in [-0.25, -0.2) is 8.42 Å². The minimum Gasteiger partial charge on any atom is -0.280 e. The first kappa shape index (κ1) is 15.1. The van der Waals surface area contributed by atoms with Gasteiger partial charge >= 0.3 is 0 Å². The smallest absolute Gasteiger partial charge is 0.261 e. The number of nitrogens with zero attached hydrogens (tertiary/aromatic N) is 1. The molecule has 21 heavy (non-hydrogen) atoms. The van der Waals surface area contributed by atoms with Crippen LogP contribution in [0.25, 0.3) is 0 Å². The molecule has 2 aromatic carbocycles. The van der Waals surface area contributed by atoms with Crippen molar-refractivity contribution in [2.45, 2.75) is 24.7 Å². The molecule has 1 N–H and O–H groups in total. The maximum Gasteiger partial charge on any atom is 0.261 e. The molecule has 0 spiro atoms. The highest BCUT2D eigenvalue weighted by molar-refractivity contribution is 7.92. The van der Waals surface area contributed by atoms with Gasteiger partial charge in [0.25, 0.3) is 10.0 Å². The lowest BCUT2D eigenvalue weighted by Crippen LogP contribution is -2.12. The zero-order chi connectivity index (χ0) is 15.5. The third kappa shape index (κ3) is 3.61. The number of rotatable bonds is 4. The summed E-state index contributed by atoms with van der Waals surface area (Å²) in [6.45, 7) is 4.11. The summed E-state index contributed by atoms with van der Waals surface area (Å²) in [5.74, 6) is 0.355. The van der Waals surface area contributed by atoms with E-state index in [0.717, 1.165) is 5.56 Å². The highest BCUT2D eigenvalue weighted by Crippen LogP contribution is 2.20. The van der Waals surface area contributed by atoms with Crippen LogP contribution in [0.2, 0.25) is 0 Å². The van der Waals surface area contributed by atoms with Gasteiger partial charge in [0.1, 0.15) is 0 Å². The highest BCUT2D eigenvalue weighted by atomic mass is 32.2. The number of sulfonamides is 1. The largest absolute Gasteiger partial charge is 0.280 e. The van der Waals surface area contributed by atoms with Gasteiger partial charge in [-0.2, -0.15) is 5.26 Å². The van der Waals surface area contributed by atoms with Gasteiger partial charge in [-0.3, -0.25) is 4.72 Å². The number of nitrogens with one attached hydrogen (secondary N) is 1. The standard InChI is InChI=1S/C16H16N2O2S/c1-12(2)14-5-9-16(10-6-14)21(19,20)18-15-7-3-13(11-17)4-8-15/h3-10,12,18H,1-2H3. The normalized spacial score (nSPS) is 11.1. The monoisotopic (exact) mass is 300 g/mol. The van der Waals surface area contributed by atoms with Crippen molar-refractivity contribution in [1.82, 2.24) is 0 Å². The van der Waals surface area contributed by atoms with E-state index in [-0.39, 0.29) is 4.90 Å². The zero-order valence-electron chi connectivity index (χ0n) is 11.9. The SMILES string of the molecule is CC(C)c1ccc(S(=O)(=O)Nc2ccc(C#N)cc2)cc1. The van der Waals surface area contributed by atoms with Crippen LogP contribution in [0.5, 0.6) is 0 Å². The molecular formula is C16H16N2O2S. The Kier molecular flexibility index (Phi) is 4.29. The average molecular weight is 300 g/mol. The summed E-state index contributed by atoms with van der Waals surface area (Å²) in [5.41, 5.74) is 2.01. The Labute approximate surface area is 125 Å². The number of anilines is 1. The first-order valence-electron chi connectivity index (χ1n) is 6.55. The number of hydrogen-bond acceptors (Lipinski definition) is 3. The fourth-order valence-electron chi connectivity index (χ4n) is 1.86. The molecule has 0 atom stereocenters. The molecule has 0 aliphatic heterocycles. The van der Waals surface area contributed by atoms with Crippen molar-refractivity contribution in [3.05, 3.63) is 59.7 Å². The van der Waals surface area contributed by atoms with Crippen LogP contribution in [0.4, 0.5) is 5.69 Å². The second-order valence-corrected chi connectivity index (χ2v) is 6.70. The zero-order valence-corrected chi connectivity index (χ0v) is 12.7. The summed E-state index contributed by atoms with van der Waals surface area (Å²) in [6.07, 6.45) is 0. The Morgan fingerprint density at radius 3 is 2.05 bits per heavy atom. The first-order valence-corrected chi connectivity index (χ1v) is 8.03. The molecule has 0 heterocycles.